The topological polar surface area (TPSA) is 32.7 Å². The number of halogens is 1. The van der Waals surface area contributed by atoms with Gasteiger partial charge in [0.15, 0.2) is 0 Å². The number of alkyl halides is 1. The van der Waals surface area contributed by atoms with Gasteiger partial charge < -0.3 is 0 Å². The van der Waals surface area contributed by atoms with Gasteiger partial charge in [-0.2, -0.15) is 0 Å². The SMILES string of the molecule is CC(C)=C1C(=NCc2ccccc2)S[C@@H]2[C@@H](Br)C(=O)N12. The largest absolute Gasteiger partial charge is 0.294 e. The lowest BCUT2D eigenvalue weighted by Gasteiger charge is -2.38. The van der Waals surface area contributed by atoms with Gasteiger partial charge in [-0.15, -0.1) is 0 Å². The number of carbonyl (C=O) groups is 1. The zero-order valence-electron chi connectivity index (χ0n) is 11.3. The van der Waals surface area contributed by atoms with Crippen LogP contribution in [-0.2, 0) is 11.3 Å². The molecule has 2 fully saturated rings. The van der Waals surface area contributed by atoms with Crippen LogP contribution in [0.25, 0.3) is 0 Å². The highest BCUT2D eigenvalue weighted by atomic mass is 79.9. The third-order valence-electron chi connectivity index (χ3n) is 3.38. The van der Waals surface area contributed by atoms with E-state index in [0.29, 0.717) is 6.54 Å². The molecule has 2 saturated heterocycles. The lowest BCUT2D eigenvalue weighted by molar-refractivity contribution is -0.136. The van der Waals surface area contributed by atoms with E-state index in [1.165, 1.54) is 5.56 Å². The number of allylic oxidation sites excluding steroid dienone is 1. The Kier molecular flexibility index (Phi) is 3.73. The van der Waals surface area contributed by atoms with Gasteiger partial charge in [0.05, 0.1) is 12.2 Å². The molecule has 1 aromatic carbocycles. The van der Waals surface area contributed by atoms with Gasteiger partial charge in [0.25, 0.3) is 0 Å². The molecule has 20 heavy (non-hydrogen) atoms. The van der Waals surface area contributed by atoms with Crippen LogP contribution in [0.2, 0.25) is 0 Å². The Morgan fingerprint density at radius 3 is 2.70 bits per heavy atom. The highest BCUT2D eigenvalue weighted by Crippen LogP contribution is 2.47. The van der Waals surface area contributed by atoms with E-state index in [0.717, 1.165) is 16.3 Å². The van der Waals surface area contributed by atoms with Gasteiger partial charge in [-0.05, 0) is 25.0 Å². The highest BCUT2D eigenvalue weighted by Gasteiger charge is 2.54. The fourth-order valence-corrected chi connectivity index (χ4v) is 4.48. The Morgan fingerprint density at radius 2 is 2.05 bits per heavy atom. The van der Waals surface area contributed by atoms with Crippen LogP contribution >= 0.6 is 27.7 Å². The minimum absolute atomic E-state index is 0.0775. The number of aliphatic imine (C=N–C) groups is 1. The van der Waals surface area contributed by atoms with Gasteiger partial charge in [0.1, 0.15) is 15.2 Å². The molecule has 0 spiro atoms. The fraction of sp³-hybridized carbons (Fsp3) is 0.333. The summed E-state index contributed by atoms with van der Waals surface area (Å²) in [5, 5.41) is 1.15. The lowest BCUT2D eigenvalue weighted by atomic mass is 10.1. The summed E-state index contributed by atoms with van der Waals surface area (Å²) in [5.74, 6) is 0.142. The molecule has 0 aliphatic carbocycles. The van der Waals surface area contributed by atoms with Crippen LogP contribution in [0.15, 0.2) is 46.6 Å². The molecular weight excluding hydrogens is 336 g/mol. The van der Waals surface area contributed by atoms with Crippen molar-refractivity contribution < 1.29 is 4.79 Å². The van der Waals surface area contributed by atoms with Crippen molar-refractivity contribution in [2.75, 3.05) is 0 Å². The third-order valence-corrected chi connectivity index (χ3v) is 5.89. The third kappa shape index (κ3) is 2.23. The summed E-state index contributed by atoms with van der Waals surface area (Å²) in [5.41, 5.74) is 3.32. The molecule has 0 N–H and O–H groups in total. The highest BCUT2D eigenvalue weighted by molar-refractivity contribution is 9.10. The van der Waals surface area contributed by atoms with Crippen LogP contribution in [0.3, 0.4) is 0 Å². The summed E-state index contributed by atoms with van der Waals surface area (Å²) in [6, 6.07) is 10.2. The predicted octanol–water partition coefficient (Wildman–Crippen LogP) is 3.56. The Hall–Kier alpha value is -1.07. The number of amides is 1. The van der Waals surface area contributed by atoms with Gasteiger partial charge in [0, 0.05) is 0 Å². The van der Waals surface area contributed by atoms with E-state index in [1.54, 1.807) is 11.8 Å². The smallest absolute Gasteiger partial charge is 0.244 e. The predicted molar refractivity (Wildman–Crippen MR) is 86.9 cm³/mol. The van der Waals surface area contributed by atoms with Crippen LogP contribution in [0, 0.1) is 0 Å². The number of β-lactam (4-membered cyclic amide) rings is 1. The molecule has 2 aliphatic heterocycles. The molecule has 2 atom stereocenters. The molecule has 2 heterocycles. The zero-order valence-corrected chi connectivity index (χ0v) is 13.7. The van der Waals surface area contributed by atoms with E-state index in [-0.39, 0.29) is 16.1 Å². The molecule has 0 aromatic heterocycles. The molecule has 0 radical (unpaired) electrons. The second-order valence-electron chi connectivity index (χ2n) is 5.07. The van der Waals surface area contributed by atoms with E-state index in [9.17, 15) is 4.79 Å². The van der Waals surface area contributed by atoms with Crippen molar-refractivity contribution in [2.45, 2.75) is 30.6 Å². The molecule has 2 aliphatic rings. The first-order valence-electron chi connectivity index (χ1n) is 6.49. The minimum atomic E-state index is -0.0775. The maximum atomic E-state index is 12.0. The van der Waals surface area contributed by atoms with Crippen LogP contribution in [0.5, 0.6) is 0 Å². The minimum Gasteiger partial charge on any atom is -0.294 e. The molecule has 1 amide bonds. The molecule has 0 bridgehead atoms. The van der Waals surface area contributed by atoms with Crippen LogP contribution in [-0.4, -0.2) is 26.1 Å². The average Bonchev–Trinajstić information content (AvgIpc) is 2.82. The van der Waals surface area contributed by atoms with E-state index < -0.39 is 0 Å². The van der Waals surface area contributed by atoms with Crippen molar-refractivity contribution >= 4 is 38.6 Å². The molecule has 104 valence electrons. The van der Waals surface area contributed by atoms with Gasteiger partial charge >= 0.3 is 0 Å². The van der Waals surface area contributed by atoms with Gasteiger partial charge in [-0.1, -0.05) is 58.0 Å². The number of hydrogen-bond donors (Lipinski definition) is 0. The number of fused-ring (bicyclic) bond motifs is 1. The van der Waals surface area contributed by atoms with Crippen molar-refractivity contribution in [1.29, 1.82) is 0 Å². The fourth-order valence-electron chi connectivity index (χ4n) is 2.37. The van der Waals surface area contributed by atoms with E-state index >= 15 is 0 Å². The van der Waals surface area contributed by atoms with Crippen molar-refractivity contribution in [3.8, 4) is 0 Å². The van der Waals surface area contributed by atoms with E-state index in [1.807, 2.05) is 36.9 Å². The van der Waals surface area contributed by atoms with Crippen molar-refractivity contribution in [3.05, 3.63) is 47.2 Å². The second kappa shape index (κ2) is 5.37. The van der Waals surface area contributed by atoms with E-state index in [2.05, 4.69) is 28.1 Å². The van der Waals surface area contributed by atoms with Gasteiger partial charge in [-0.3, -0.25) is 14.7 Å². The van der Waals surface area contributed by atoms with Crippen LogP contribution in [0.1, 0.15) is 19.4 Å². The monoisotopic (exact) mass is 350 g/mol. The van der Waals surface area contributed by atoms with E-state index in [4.69, 9.17) is 4.99 Å². The molecule has 1 aromatic rings. The standard InChI is InChI=1S/C15H15BrN2OS/c1-9(2)12-13(17-8-10-6-4-3-5-7-10)20-15-11(16)14(19)18(12)15/h3-7,11,15H,8H2,1-2H3/t11-,15+/m0/s1. The second-order valence-corrected chi connectivity index (χ2v) is 7.17. The van der Waals surface area contributed by atoms with Crippen molar-refractivity contribution in [3.63, 3.8) is 0 Å². The molecular formula is C15H15BrN2OS. The zero-order chi connectivity index (χ0) is 14.3. The Labute approximate surface area is 131 Å². The number of carbonyl (C=O) groups excluding carboxylic acids is 1. The summed E-state index contributed by atoms with van der Waals surface area (Å²) in [4.78, 5) is 18.5. The number of thioether (sulfide) groups is 1. The summed E-state index contributed by atoms with van der Waals surface area (Å²) in [7, 11) is 0. The summed E-state index contributed by atoms with van der Waals surface area (Å²) < 4.78 is 0. The maximum absolute atomic E-state index is 12.0. The molecule has 3 rings (SSSR count). The average molecular weight is 351 g/mol. The Morgan fingerprint density at radius 1 is 1.35 bits per heavy atom. The van der Waals surface area contributed by atoms with Gasteiger partial charge in [-0.25, -0.2) is 0 Å². The summed E-state index contributed by atoms with van der Waals surface area (Å²) in [6.45, 7) is 4.72. The maximum Gasteiger partial charge on any atom is 0.244 e. The van der Waals surface area contributed by atoms with Crippen LogP contribution < -0.4 is 0 Å². The first-order chi connectivity index (χ1) is 9.59. The number of benzene rings is 1. The number of nitrogens with zero attached hydrogens (tertiary/aromatic N) is 2. The van der Waals surface area contributed by atoms with Gasteiger partial charge in [0.2, 0.25) is 5.91 Å². The first kappa shape index (κ1) is 13.9. The molecule has 5 heteroatoms. The Bertz CT molecular complexity index is 608. The first-order valence-corrected chi connectivity index (χ1v) is 8.29. The number of hydrogen-bond acceptors (Lipinski definition) is 3. The quantitative estimate of drug-likeness (QED) is 0.603. The van der Waals surface area contributed by atoms with Crippen LogP contribution in [0.4, 0.5) is 0 Å². The normalized spacial score (nSPS) is 26.8. The summed E-state index contributed by atoms with van der Waals surface area (Å²) >= 11 is 5.12. The lowest BCUT2D eigenvalue weighted by Crippen LogP contribution is -2.56. The summed E-state index contributed by atoms with van der Waals surface area (Å²) in [6.07, 6.45) is 0. The number of rotatable bonds is 2. The Balaban J connectivity index is 1.86. The molecule has 0 saturated carbocycles. The van der Waals surface area contributed by atoms with Crippen molar-refractivity contribution in [1.82, 2.24) is 4.90 Å². The molecule has 3 nitrogen and oxygen atoms in total. The molecule has 0 unspecified atom stereocenters. The van der Waals surface area contributed by atoms with Crippen molar-refractivity contribution in [2.24, 2.45) is 4.99 Å².